The van der Waals surface area contributed by atoms with Gasteiger partial charge in [0.05, 0.1) is 13.7 Å². The SMILES string of the molecule is C=C[C@H]1O[C@@H]2OC(C)(C)O[C@@H]2[C@@H]1OCc1ccc(OC)cc1. The predicted molar refractivity (Wildman–Crippen MR) is 80.5 cm³/mol. The van der Waals surface area contributed by atoms with E-state index in [0.717, 1.165) is 11.3 Å². The molecule has 2 aliphatic rings. The molecule has 0 spiro atoms. The molecule has 120 valence electrons. The van der Waals surface area contributed by atoms with Crippen LogP contribution >= 0.6 is 0 Å². The van der Waals surface area contributed by atoms with Crippen LogP contribution in [0.5, 0.6) is 5.75 Å². The second-order valence-corrected chi connectivity index (χ2v) is 5.93. The molecule has 0 amide bonds. The van der Waals surface area contributed by atoms with Crippen LogP contribution in [0.4, 0.5) is 0 Å². The molecule has 0 aromatic heterocycles. The van der Waals surface area contributed by atoms with E-state index in [2.05, 4.69) is 6.58 Å². The average molecular weight is 306 g/mol. The molecule has 22 heavy (non-hydrogen) atoms. The van der Waals surface area contributed by atoms with Crippen molar-refractivity contribution in [3.63, 3.8) is 0 Å². The predicted octanol–water partition coefficient (Wildman–Crippen LogP) is 2.64. The maximum absolute atomic E-state index is 6.03. The molecule has 2 saturated heterocycles. The van der Waals surface area contributed by atoms with Gasteiger partial charge in [-0.05, 0) is 31.5 Å². The summed E-state index contributed by atoms with van der Waals surface area (Å²) in [6.45, 7) is 8.02. The molecule has 0 N–H and O–H groups in total. The Morgan fingerprint density at radius 1 is 1.23 bits per heavy atom. The molecule has 0 bridgehead atoms. The lowest BCUT2D eigenvalue weighted by Crippen LogP contribution is -2.35. The number of fused-ring (bicyclic) bond motifs is 1. The van der Waals surface area contributed by atoms with Gasteiger partial charge in [-0.3, -0.25) is 0 Å². The zero-order chi connectivity index (χ0) is 15.7. The lowest BCUT2D eigenvalue weighted by atomic mass is 10.1. The molecule has 1 aromatic rings. The van der Waals surface area contributed by atoms with Crippen molar-refractivity contribution in [3.8, 4) is 5.75 Å². The summed E-state index contributed by atoms with van der Waals surface area (Å²) in [5.74, 6) is 0.176. The van der Waals surface area contributed by atoms with Gasteiger partial charge in [0.25, 0.3) is 0 Å². The third kappa shape index (κ3) is 3.03. The van der Waals surface area contributed by atoms with Gasteiger partial charge in [-0.2, -0.15) is 0 Å². The van der Waals surface area contributed by atoms with Crippen LogP contribution in [0, 0.1) is 0 Å². The van der Waals surface area contributed by atoms with Crippen LogP contribution in [0.15, 0.2) is 36.9 Å². The van der Waals surface area contributed by atoms with Crippen molar-refractivity contribution in [3.05, 3.63) is 42.5 Å². The minimum Gasteiger partial charge on any atom is -0.497 e. The summed E-state index contributed by atoms with van der Waals surface area (Å²) in [4.78, 5) is 0. The lowest BCUT2D eigenvalue weighted by molar-refractivity contribution is -0.213. The maximum atomic E-state index is 6.03. The van der Waals surface area contributed by atoms with Crippen molar-refractivity contribution in [1.82, 2.24) is 0 Å². The van der Waals surface area contributed by atoms with Gasteiger partial charge in [-0.15, -0.1) is 6.58 Å². The summed E-state index contributed by atoms with van der Waals surface area (Å²) in [5, 5.41) is 0. The summed E-state index contributed by atoms with van der Waals surface area (Å²) in [6.07, 6.45) is 0.627. The first-order valence-electron chi connectivity index (χ1n) is 7.40. The highest BCUT2D eigenvalue weighted by atomic mass is 16.8. The highest BCUT2D eigenvalue weighted by Gasteiger charge is 2.54. The van der Waals surface area contributed by atoms with Gasteiger partial charge >= 0.3 is 0 Å². The maximum Gasteiger partial charge on any atom is 0.190 e. The van der Waals surface area contributed by atoms with Crippen LogP contribution in [-0.4, -0.2) is 37.5 Å². The van der Waals surface area contributed by atoms with E-state index >= 15 is 0 Å². The third-order valence-corrected chi connectivity index (χ3v) is 3.86. The molecule has 2 heterocycles. The van der Waals surface area contributed by atoms with E-state index in [1.54, 1.807) is 13.2 Å². The van der Waals surface area contributed by atoms with E-state index in [-0.39, 0.29) is 18.3 Å². The third-order valence-electron chi connectivity index (χ3n) is 3.86. The van der Waals surface area contributed by atoms with Crippen LogP contribution in [0.25, 0.3) is 0 Å². The summed E-state index contributed by atoms with van der Waals surface area (Å²) in [5.41, 5.74) is 1.06. The fraction of sp³-hybridized carbons (Fsp3) is 0.529. The Labute approximate surface area is 130 Å². The molecule has 2 fully saturated rings. The Morgan fingerprint density at radius 3 is 2.59 bits per heavy atom. The Morgan fingerprint density at radius 2 is 1.95 bits per heavy atom. The first-order chi connectivity index (χ1) is 10.5. The quantitative estimate of drug-likeness (QED) is 0.783. The Hall–Kier alpha value is -1.40. The smallest absolute Gasteiger partial charge is 0.190 e. The van der Waals surface area contributed by atoms with E-state index in [9.17, 15) is 0 Å². The summed E-state index contributed by atoms with van der Waals surface area (Å²) in [6, 6.07) is 7.78. The largest absolute Gasteiger partial charge is 0.497 e. The minimum atomic E-state index is -0.650. The standard InChI is InChI=1S/C17H22O5/c1-5-13-14(15-16(20-13)22-17(2,3)21-15)19-10-11-6-8-12(18-4)9-7-11/h5-9,13-16H,1,10H2,2-4H3/t13-,14-,15-,16-/m1/s1. The van der Waals surface area contributed by atoms with Crippen LogP contribution in [0.3, 0.4) is 0 Å². The van der Waals surface area contributed by atoms with E-state index in [1.165, 1.54) is 0 Å². The Bertz CT molecular complexity index is 524. The van der Waals surface area contributed by atoms with Crippen molar-refractivity contribution >= 4 is 0 Å². The van der Waals surface area contributed by atoms with Gasteiger partial charge < -0.3 is 23.7 Å². The Kier molecular flexibility index (Phi) is 4.23. The zero-order valence-corrected chi connectivity index (χ0v) is 13.2. The summed E-state index contributed by atoms with van der Waals surface area (Å²) >= 11 is 0. The molecule has 0 aliphatic carbocycles. The minimum absolute atomic E-state index is 0.230. The number of hydrogen-bond acceptors (Lipinski definition) is 5. The van der Waals surface area contributed by atoms with Gasteiger partial charge in [-0.1, -0.05) is 18.2 Å². The molecule has 2 aliphatic heterocycles. The van der Waals surface area contributed by atoms with E-state index in [0.29, 0.717) is 6.61 Å². The molecular weight excluding hydrogens is 284 g/mol. The fourth-order valence-electron chi connectivity index (χ4n) is 2.80. The highest BCUT2D eigenvalue weighted by Crippen LogP contribution is 2.39. The monoisotopic (exact) mass is 306 g/mol. The van der Waals surface area contributed by atoms with Gasteiger partial charge in [0.1, 0.15) is 24.1 Å². The van der Waals surface area contributed by atoms with Crippen molar-refractivity contribution in [2.24, 2.45) is 0 Å². The molecule has 0 saturated carbocycles. The van der Waals surface area contributed by atoms with Crippen molar-refractivity contribution in [2.45, 2.75) is 50.8 Å². The lowest BCUT2D eigenvalue weighted by Gasteiger charge is -2.24. The zero-order valence-electron chi connectivity index (χ0n) is 13.2. The Balaban J connectivity index is 1.65. The van der Waals surface area contributed by atoms with Gasteiger partial charge in [0, 0.05) is 0 Å². The molecule has 3 rings (SSSR count). The van der Waals surface area contributed by atoms with Gasteiger partial charge in [0.2, 0.25) is 0 Å². The molecule has 5 nitrogen and oxygen atoms in total. The number of benzene rings is 1. The van der Waals surface area contributed by atoms with E-state index < -0.39 is 12.1 Å². The van der Waals surface area contributed by atoms with E-state index in [1.807, 2.05) is 38.1 Å². The van der Waals surface area contributed by atoms with Crippen molar-refractivity contribution in [1.29, 1.82) is 0 Å². The number of rotatable bonds is 5. The molecule has 0 radical (unpaired) electrons. The summed E-state index contributed by atoms with van der Waals surface area (Å²) < 4.78 is 28.6. The summed E-state index contributed by atoms with van der Waals surface area (Å²) in [7, 11) is 1.65. The topological polar surface area (TPSA) is 46.2 Å². The van der Waals surface area contributed by atoms with Crippen LogP contribution in [-0.2, 0) is 25.6 Å². The van der Waals surface area contributed by atoms with Crippen molar-refractivity contribution in [2.75, 3.05) is 7.11 Å². The molecule has 0 unspecified atom stereocenters. The first kappa shape index (κ1) is 15.5. The molecular formula is C17H22O5. The first-order valence-corrected chi connectivity index (χ1v) is 7.40. The van der Waals surface area contributed by atoms with Crippen LogP contribution < -0.4 is 4.74 Å². The fourth-order valence-corrected chi connectivity index (χ4v) is 2.80. The molecule has 5 heteroatoms. The second-order valence-electron chi connectivity index (χ2n) is 5.93. The number of hydrogen-bond donors (Lipinski definition) is 0. The van der Waals surface area contributed by atoms with Crippen molar-refractivity contribution < 1.29 is 23.7 Å². The molecule has 4 atom stereocenters. The van der Waals surface area contributed by atoms with Crippen LogP contribution in [0.1, 0.15) is 19.4 Å². The number of methoxy groups -OCH3 is 1. The number of ether oxygens (including phenoxy) is 5. The van der Waals surface area contributed by atoms with Gasteiger partial charge in [0.15, 0.2) is 12.1 Å². The normalized spacial score (nSPS) is 32.7. The van der Waals surface area contributed by atoms with Crippen LogP contribution in [0.2, 0.25) is 0 Å². The highest BCUT2D eigenvalue weighted by molar-refractivity contribution is 5.26. The van der Waals surface area contributed by atoms with Gasteiger partial charge in [-0.25, -0.2) is 0 Å². The average Bonchev–Trinajstić information content (AvgIpc) is 2.97. The second kappa shape index (κ2) is 6.01. The van der Waals surface area contributed by atoms with E-state index in [4.69, 9.17) is 23.7 Å². The molecule has 1 aromatic carbocycles.